The van der Waals surface area contributed by atoms with Gasteiger partial charge in [-0.15, -0.1) is 0 Å². The van der Waals surface area contributed by atoms with E-state index in [1.165, 1.54) is 0 Å². The largest absolute Gasteiger partial charge is 0.516 e. The van der Waals surface area contributed by atoms with Crippen LogP contribution in [0.15, 0.2) is 24.3 Å². The Bertz CT molecular complexity index is 675. The van der Waals surface area contributed by atoms with E-state index in [-0.39, 0.29) is 6.61 Å². The first-order valence-corrected chi connectivity index (χ1v) is 9.30. The number of carbonyl (C=O) groups is 3. The molecule has 0 heterocycles. The topological polar surface area (TPSA) is 117 Å². The SMILES string of the molecule is CC(C)(C)OC(=O)OC(=O)[C@@H](N)CCCCNC(=O)OCc1ccccc1Cl. The molecule has 156 valence electrons. The molecule has 0 radical (unpaired) electrons. The van der Waals surface area contributed by atoms with Crippen LogP contribution in [0.1, 0.15) is 45.6 Å². The summed E-state index contributed by atoms with van der Waals surface area (Å²) < 4.78 is 14.5. The van der Waals surface area contributed by atoms with Crippen molar-refractivity contribution in [2.45, 2.75) is 58.3 Å². The summed E-state index contributed by atoms with van der Waals surface area (Å²) in [6.07, 6.45) is -0.202. The molecule has 1 aromatic carbocycles. The first-order chi connectivity index (χ1) is 13.1. The molecule has 28 heavy (non-hydrogen) atoms. The minimum atomic E-state index is -1.07. The lowest BCUT2D eigenvalue weighted by atomic mass is 10.1. The first kappa shape index (κ1) is 23.7. The van der Waals surface area contributed by atoms with Crippen LogP contribution in [0.25, 0.3) is 0 Å². The molecule has 1 rings (SSSR count). The van der Waals surface area contributed by atoms with Crippen molar-refractivity contribution in [2.75, 3.05) is 6.54 Å². The molecule has 0 saturated heterocycles. The normalized spacial score (nSPS) is 12.0. The predicted octanol–water partition coefficient (Wildman–Crippen LogP) is 3.54. The zero-order valence-corrected chi connectivity index (χ0v) is 17.1. The van der Waals surface area contributed by atoms with Crippen LogP contribution in [0.2, 0.25) is 5.02 Å². The highest BCUT2D eigenvalue weighted by Gasteiger charge is 2.23. The third-order valence-corrected chi connectivity index (χ3v) is 3.77. The van der Waals surface area contributed by atoms with Crippen LogP contribution in [-0.4, -0.2) is 36.4 Å². The van der Waals surface area contributed by atoms with Crippen molar-refractivity contribution in [1.82, 2.24) is 5.32 Å². The van der Waals surface area contributed by atoms with Crippen LogP contribution in [0, 0.1) is 0 Å². The van der Waals surface area contributed by atoms with Crippen LogP contribution in [0.5, 0.6) is 0 Å². The van der Waals surface area contributed by atoms with Gasteiger partial charge in [0.2, 0.25) is 0 Å². The molecule has 0 saturated carbocycles. The number of hydrogen-bond acceptors (Lipinski definition) is 7. The number of esters is 1. The zero-order valence-electron chi connectivity index (χ0n) is 16.3. The van der Waals surface area contributed by atoms with E-state index in [0.717, 1.165) is 0 Å². The summed E-state index contributed by atoms with van der Waals surface area (Å²) in [7, 11) is 0. The Hall–Kier alpha value is -2.32. The van der Waals surface area contributed by atoms with Gasteiger partial charge in [0.25, 0.3) is 0 Å². The van der Waals surface area contributed by atoms with Crippen molar-refractivity contribution in [3.8, 4) is 0 Å². The van der Waals surface area contributed by atoms with Gasteiger partial charge < -0.3 is 25.3 Å². The monoisotopic (exact) mass is 414 g/mol. The average molecular weight is 415 g/mol. The van der Waals surface area contributed by atoms with Gasteiger partial charge in [-0.25, -0.2) is 14.4 Å². The Balaban J connectivity index is 2.15. The molecule has 1 amide bonds. The van der Waals surface area contributed by atoms with Gasteiger partial charge in [0.15, 0.2) is 0 Å². The molecule has 1 aromatic rings. The van der Waals surface area contributed by atoms with Crippen LogP contribution in [-0.2, 0) is 25.6 Å². The maximum Gasteiger partial charge on any atom is 0.516 e. The first-order valence-electron chi connectivity index (χ1n) is 8.93. The summed E-state index contributed by atoms with van der Waals surface area (Å²) >= 11 is 5.98. The van der Waals surface area contributed by atoms with Crippen LogP contribution in [0.3, 0.4) is 0 Å². The molecule has 0 bridgehead atoms. The lowest BCUT2D eigenvalue weighted by Gasteiger charge is -2.19. The highest BCUT2D eigenvalue weighted by Crippen LogP contribution is 2.15. The van der Waals surface area contributed by atoms with Crippen molar-refractivity contribution < 1.29 is 28.6 Å². The molecule has 8 nitrogen and oxygen atoms in total. The molecular formula is C19H27ClN2O6. The Labute approximate surface area is 169 Å². The maximum absolute atomic E-state index is 11.7. The number of alkyl carbamates (subject to hydrolysis) is 1. The molecule has 0 aliphatic heterocycles. The van der Waals surface area contributed by atoms with E-state index < -0.39 is 29.9 Å². The van der Waals surface area contributed by atoms with Gasteiger partial charge in [-0.2, -0.15) is 0 Å². The average Bonchev–Trinajstić information content (AvgIpc) is 2.58. The molecule has 3 N–H and O–H groups in total. The Morgan fingerprint density at radius 2 is 1.86 bits per heavy atom. The van der Waals surface area contributed by atoms with E-state index in [0.29, 0.717) is 36.4 Å². The summed E-state index contributed by atoms with van der Waals surface area (Å²) in [6, 6.07) is 6.14. The second-order valence-electron chi connectivity index (χ2n) is 7.08. The highest BCUT2D eigenvalue weighted by molar-refractivity contribution is 6.31. The summed E-state index contributed by atoms with van der Waals surface area (Å²) in [5, 5.41) is 3.13. The number of nitrogens with two attached hydrogens (primary N) is 1. The van der Waals surface area contributed by atoms with E-state index >= 15 is 0 Å². The molecule has 0 fully saturated rings. The molecule has 0 spiro atoms. The summed E-state index contributed by atoms with van der Waals surface area (Å²) in [6.45, 7) is 5.41. The Morgan fingerprint density at radius 1 is 1.18 bits per heavy atom. The van der Waals surface area contributed by atoms with Gasteiger partial charge in [-0.05, 0) is 46.1 Å². The van der Waals surface area contributed by atoms with E-state index in [4.69, 9.17) is 26.8 Å². The van der Waals surface area contributed by atoms with Crippen molar-refractivity contribution in [2.24, 2.45) is 5.73 Å². The number of unbranched alkanes of at least 4 members (excludes halogenated alkanes) is 1. The summed E-state index contributed by atoms with van der Waals surface area (Å²) in [5.74, 6) is -0.846. The fraction of sp³-hybridized carbons (Fsp3) is 0.526. The number of rotatable bonds is 8. The number of hydrogen-bond donors (Lipinski definition) is 2. The molecule has 0 aromatic heterocycles. The lowest BCUT2D eigenvalue weighted by molar-refractivity contribution is -0.143. The quantitative estimate of drug-likeness (QED) is 0.379. The van der Waals surface area contributed by atoms with Gasteiger partial charge in [0, 0.05) is 17.1 Å². The van der Waals surface area contributed by atoms with Crippen LogP contribution in [0.4, 0.5) is 9.59 Å². The number of ether oxygens (including phenoxy) is 3. The predicted molar refractivity (Wildman–Crippen MR) is 104 cm³/mol. The fourth-order valence-corrected chi connectivity index (χ4v) is 2.23. The second-order valence-corrected chi connectivity index (χ2v) is 7.49. The third-order valence-electron chi connectivity index (χ3n) is 3.40. The minimum Gasteiger partial charge on any atom is -0.445 e. The lowest BCUT2D eigenvalue weighted by Crippen LogP contribution is -2.35. The van der Waals surface area contributed by atoms with E-state index in [2.05, 4.69) is 10.1 Å². The third kappa shape index (κ3) is 10.1. The maximum atomic E-state index is 11.7. The highest BCUT2D eigenvalue weighted by atomic mass is 35.5. The van der Waals surface area contributed by atoms with E-state index in [1.54, 1.807) is 45.0 Å². The molecule has 1 atom stereocenters. The van der Waals surface area contributed by atoms with Crippen molar-refractivity contribution in [1.29, 1.82) is 0 Å². The number of carbonyl (C=O) groups excluding carboxylic acids is 3. The molecule has 0 aliphatic rings. The zero-order chi connectivity index (χ0) is 21.2. The van der Waals surface area contributed by atoms with Crippen LogP contribution >= 0.6 is 11.6 Å². The van der Waals surface area contributed by atoms with Gasteiger partial charge in [0.1, 0.15) is 18.2 Å². The van der Waals surface area contributed by atoms with E-state index in [1.807, 2.05) is 0 Å². The van der Waals surface area contributed by atoms with Gasteiger partial charge >= 0.3 is 18.2 Å². The smallest absolute Gasteiger partial charge is 0.445 e. The number of benzene rings is 1. The van der Waals surface area contributed by atoms with Crippen LogP contribution < -0.4 is 11.1 Å². The van der Waals surface area contributed by atoms with Gasteiger partial charge in [-0.1, -0.05) is 29.8 Å². The number of amides is 1. The number of nitrogens with one attached hydrogen (secondary N) is 1. The Morgan fingerprint density at radius 3 is 2.50 bits per heavy atom. The number of halogens is 1. The molecular weight excluding hydrogens is 388 g/mol. The van der Waals surface area contributed by atoms with Crippen molar-refractivity contribution >= 4 is 29.8 Å². The Kier molecular flexibility index (Phi) is 9.75. The minimum absolute atomic E-state index is 0.0763. The van der Waals surface area contributed by atoms with Crippen molar-refractivity contribution in [3.05, 3.63) is 34.9 Å². The standard InChI is InChI=1S/C19H27ClN2O6/c1-19(2,3)28-18(25)27-16(23)15(21)10-6-7-11-22-17(24)26-12-13-8-4-5-9-14(13)20/h4-5,8-9,15H,6-7,10-12,21H2,1-3H3,(H,22,24)/t15-/m0/s1. The fourth-order valence-electron chi connectivity index (χ4n) is 2.04. The van der Waals surface area contributed by atoms with E-state index in [9.17, 15) is 14.4 Å². The van der Waals surface area contributed by atoms with Gasteiger partial charge in [-0.3, -0.25) is 0 Å². The summed E-state index contributed by atoms with van der Waals surface area (Å²) in [4.78, 5) is 34.8. The second kappa shape index (κ2) is 11.5. The molecule has 0 unspecified atom stereocenters. The van der Waals surface area contributed by atoms with Gasteiger partial charge in [0.05, 0.1) is 0 Å². The molecule has 0 aliphatic carbocycles. The van der Waals surface area contributed by atoms with Crippen molar-refractivity contribution in [3.63, 3.8) is 0 Å². The summed E-state index contributed by atoms with van der Waals surface area (Å²) in [5.41, 5.74) is 5.65. The molecule has 9 heteroatoms.